The summed E-state index contributed by atoms with van der Waals surface area (Å²) < 4.78 is 4.63. The van der Waals surface area contributed by atoms with Gasteiger partial charge in [0.25, 0.3) is 0 Å². The SMILES string of the molecule is CCC1C(=O)NC(=O)CN1c1ccc(C(=O)OC)cc1N. The van der Waals surface area contributed by atoms with Crippen molar-refractivity contribution in [2.75, 3.05) is 24.3 Å². The number of methoxy groups -OCH3 is 1. The minimum absolute atomic E-state index is 0.0476. The third-order valence-electron chi connectivity index (χ3n) is 3.40. The van der Waals surface area contributed by atoms with E-state index in [1.54, 1.807) is 17.0 Å². The van der Waals surface area contributed by atoms with Crippen LogP contribution in [0.15, 0.2) is 18.2 Å². The van der Waals surface area contributed by atoms with Gasteiger partial charge in [0.2, 0.25) is 11.8 Å². The van der Waals surface area contributed by atoms with E-state index in [0.717, 1.165) is 0 Å². The van der Waals surface area contributed by atoms with E-state index in [1.165, 1.54) is 13.2 Å². The Kier molecular flexibility index (Phi) is 4.11. The van der Waals surface area contributed by atoms with E-state index >= 15 is 0 Å². The van der Waals surface area contributed by atoms with Gasteiger partial charge in [-0.3, -0.25) is 14.9 Å². The average Bonchev–Trinajstić information content (AvgIpc) is 2.45. The molecule has 0 spiro atoms. The molecule has 2 rings (SSSR count). The molecule has 1 aromatic rings. The first-order valence-electron chi connectivity index (χ1n) is 6.56. The number of benzene rings is 1. The minimum Gasteiger partial charge on any atom is -0.465 e. The molecule has 0 radical (unpaired) electrons. The summed E-state index contributed by atoms with van der Waals surface area (Å²) in [5.41, 5.74) is 7.15. The predicted molar refractivity (Wildman–Crippen MR) is 76.8 cm³/mol. The number of hydrogen-bond donors (Lipinski definition) is 2. The molecule has 21 heavy (non-hydrogen) atoms. The van der Waals surface area contributed by atoms with Crippen LogP contribution in [0.4, 0.5) is 11.4 Å². The largest absolute Gasteiger partial charge is 0.465 e. The summed E-state index contributed by atoms with van der Waals surface area (Å²) in [5.74, 6) is -1.21. The number of carbonyl (C=O) groups excluding carboxylic acids is 3. The number of carbonyl (C=O) groups is 3. The summed E-state index contributed by atoms with van der Waals surface area (Å²) in [7, 11) is 1.28. The molecular weight excluding hydrogens is 274 g/mol. The minimum atomic E-state index is -0.493. The van der Waals surface area contributed by atoms with Crippen LogP contribution in [0.5, 0.6) is 0 Å². The van der Waals surface area contributed by atoms with Crippen LogP contribution in [-0.2, 0) is 14.3 Å². The third-order valence-corrected chi connectivity index (χ3v) is 3.40. The molecule has 0 saturated carbocycles. The zero-order valence-electron chi connectivity index (χ0n) is 11.9. The fourth-order valence-corrected chi connectivity index (χ4v) is 2.39. The number of imide groups is 1. The number of nitrogens with zero attached hydrogens (tertiary/aromatic N) is 1. The second-order valence-corrected chi connectivity index (χ2v) is 4.73. The zero-order chi connectivity index (χ0) is 15.6. The van der Waals surface area contributed by atoms with Gasteiger partial charge in [-0.05, 0) is 24.6 Å². The Morgan fingerprint density at radius 3 is 2.76 bits per heavy atom. The summed E-state index contributed by atoms with van der Waals surface area (Å²) in [6.45, 7) is 1.90. The Morgan fingerprint density at radius 1 is 1.48 bits per heavy atom. The van der Waals surface area contributed by atoms with E-state index in [-0.39, 0.29) is 18.4 Å². The molecular formula is C14H17N3O4. The van der Waals surface area contributed by atoms with Crippen molar-refractivity contribution >= 4 is 29.2 Å². The molecule has 1 aromatic carbocycles. The molecule has 1 saturated heterocycles. The molecule has 112 valence electrons. The van der Waals surface area contributed by atoms with Gasteiger partial charge in [-0.15, -0.1) is 0 Å². The maximum Gasteiger partial charge on any atom is 0.337 e. The van der Waals surface area contributed by atoms with Crippen LogP contribution < -0.4 is 16.0 Å². The van der Waals surface area contributed by atoms with Crippen LogP contribution in [0.25, 0.3) is 0 Å². The van der Waals surface area contributed by atoms with E-state index in [1.807, 2.05) is 6.92 Å². The number of piperazine rings is 1. The van der Waals surface area contributed by atoms with Crippen LogP contribution in [0.3, 0.4) is 0 Å². The van der Waals surface area contributed by atoms with E-state index in [4.69, 9.17) is 5.73 Å². The summed E-state index contributed by atoms with van der Waals surface area (Å²) in [6, 6.07) is 4.19. The molecule has 0 bridgehead atoms. The Morgan fingerprint density at radius 2 is 2.19 bits per heavy atom. The van der Waals surface area contributed by atoms with Gasteiger partial charge >= 0.3 is 5.97 Å². The van der Waals surface area contributed by atoms with Crippen LogP contribution in [0, 0.1) is 0 Å². The average molecular weight is 291 g/mol. The molecule has 1 aliphatic heterocycles. The number of nitrogen functional groups attached to an aromatic ring is 1. The van der Waals surface area contributed by atoms with Crippen molar-refractivity contribution in [2.24, 2.45) is 0 Å². The molecule has 1 heterocycles. The number of hydrogen-bond acceptors (Lipinski definition) is 6. The molecule has 1 atom stereocenters. The molecule has 7 heteroatoms. The number of ether oxygens (including phenoxy) is 1. The normalized spacial score (nSPS) is 18.4. The molecule has 1 unspecified atom stereocenters. The highest BCUT2D eigenvalue weighted by atomic mass is 16.5. The maximum absolute atomic E-state index is 11.9. The van der Waals surface area contributed by atoms with Crippen LogP contribution in [0.1, 0.15) is 23.7 Å². The molecule has 0 aromatic heterocycles. The topological polar surface area (TPSA) is 102 Å². The number of anilines is 2. The molecule has 7 nitrogen and oxygen atoms in total. The maximum atomic E-state index is 11.9. The summed E-state index contributed by atoms with van der Waals surface area (Å²) >= 11 is 0. The number of rotatable bonds is 3. The van der Waals surface area contributed by atoms with Crippen molar-refractivity contribution in [3.8, 4) is 0 Å². The smallest absolute Gasteiger partial charge is 0.337 e. The highest BCUT2D eigenvalue weighted by molar-refractivity contribution is 6.05. The first-order valence-corrected chi connectivity index (χ1v) is 6.56. The van der Waals surface area contributed by atoms with E-state index in [9.17, 15) is 14.4 Å². The highest BCUT2D eigenvalue weighted by Crippen LogP contribution is 2.28. The lowest BCUT2D eigenvalue weighted by Crippen LogP contribution is -2.58. The third kappa shape index (κ3) is 2.81. The van der Waals surface area contributed by atoms with Gasteiger partial charge in [-0.1, -0.05) is 6.92 Å². The van der Waals surface area contributed by atoms with Crippen LogP contribution in [-0.4, -0.2) is 37.5 Å². The van der Waals surface area contributed by atoms with Crippen molar-refractivity contribution in [1.82, 2.24) is 5.32 Å². The van der Waals surface area contributed by atoms with Crippen molar-refractivity contribution < 1.29 is 19.1 Å². The van der Waals surface area contributed by atoms with Gasteiger partial charge in [0.15, 0.2) is 0 Å². The quantitative estimate of drug-likeness (QED) is 0.472. The van der Waals surface area contributed by atoms with Crippen LogP contribution in [0.2, 0.25) is 0 Å². The first kappa shape index (κ1) is 14.8. The van der Waals surface area contributed by atoms with Gasteiger partial charge in [0.05, 0.1) is 30.6 Å². The number of nitrogens with two attached hydrogens (primary N) is 1. The van der Waals surface area contributed by atoms with E-state index in [2.05, 4.69) is 10.1 Å². The summed E-state index contributed by atoms with van der Waals surface area (Å²) in [6.07, 6.45) is 0.539. The Bertz CT molecular complexity index is 600. The number of nitrogens with one attached hydrogen (secondary N) is 1. The zero-order valence-corrected chi connectivity index (χ0v) is 11.9. The van der Waals surface area contributed by atoms with E-state index < -0.39 is 12.0 Å². The van der Waals surface area contributed by atoms with Gasteiger partial charge in [0.1, 0.15) is 6.04 Å². The van der Waals surface area contributed by atoms with Gasteiger partial charge in [-0.25, -0.2) is 4.79 Å². The lowest BCUT2D eigenvalue weighted by molar-refractivity contribution is -0.132. The van der Waals surface area contributed by atoms with E-state index in [0.29, 0.717) is 23.4 Å². The molecule has 1 aliphatic rings. The fraction of sp³-hybridized carbons (Fsp3) is 0.357. The molecule has 0 aliphatic carbocycles. The second kappa shape index (κ2) is 5.82. The van der Waals surface area contributed by atoms with Crippen molar-refractivity contribution in [1.29, 1.82) is 0 Å². The molecule has 1 fully saturated rings. The molecule has 2 amide bonds. The monoisotopic (exact) mass is 291 g/mol. The lowest BCUT2D eigenvalue weighted by atomic mass is 10.1. The Labute approximate surface area is 122 Å². The van der Waals surface area contributed by atoms with Crippen LogP contribution >= 0.6 is 0 Å². The lowest BCUT2D eigenvalue weighted by Gasteiger charge is -2.35. The molecule has 3 N–H and O–H groups in total. The Balaban J connectivity index is 2.37. The predicted octanol–water partition coefficient (Wildman–Crippen LogP) is 0.297. The highest BCUT2D eigenvalue weighted by Gasteiger charge is 2.33. The van der Waals surface area contributed by atoms with Crippen molar-refractivity contribution in [3.63, 3.8) is 0 Å². The summed E-state index contributed by atoms with van der Waals surface area (Å²) in [5, 5.41) is 2.30. The first-order chi connectivity index (χ1) is 9.97. The number of esters is 1. The van der Waals surface area contributed by atoms with Crippen molar-refractivity contribution in [2.45, 2.75) is 19.4 Å². The summed E-state index contributed by atoms with van der Waals surface area (Å²) in [4.78, 5) is 36.5. The second-order valence-electron chi connectivity index (χ2n) is 4.73. The Hall–Kier alpha value is -2.57. The van der Waals surface area contributed by atoms with Gasteiger partial charge in [-0.2, -0.15) is 0 Å². The van der Waals surface area contributed by atoms with Gasteiger partial charge < -0.3 is 15.4 Å². The van der Waals surface area contributed by atoms with Crippen molar-refractivity contribution in [3.05, 3.63) is 23.8 Å². The van der Waals surface area contributed by atoms with Gasteiger partial charge in [0, 0.05) is 0 Å². The number of amides is 2. The fourth-order valence-electron chi connectivity index (χ4n) is 2.39. The standard InChI is InChI=1S/C14H17N3O4/c1-3-10-13(19)16-12(18)7-17(10)11-5-4-8(6-9(11)15)14(20)21-2/h4-6,10H,3,7,15H2,1-2H3,(H,16,18,19).